The molecule has 0 N–H and O–H groups in total. The molecular formula is C23H30N4O2S. The average molecular weight is 427 g/mol. The van der Waals surface area contributed by atoms with Crippen molar-refractivity contribution in [2.75, 3.05) is 13.6 Å². The van der Waals surface area contributed by atoms with Gasteiger partial charge in [-0.2, -0.15) is 5.26 Å². The zero-order chi connectivity index (χ0) is 21.8. The molecule has 1 aromatic heterocycles. The number of fused-ring (bicyclic) bond motifs is 1. The van der Waals surface area contributed by atoms with E-state index in [-0.39, 0.29) is 17.5 Å². The lowest BCUT2D eigenvalue weighted by molar-refractivity contribution is -0.128. The second-order valence-electron chi connectivity index (χ2n) is 8.35. The van der Waals surface area contributed by atoms with Crippen molar-refractivity contribution in [2.24, 2.45) is 11.8 Å². The topological polar surface area (TPSA) is 79.0 Å². The highest BCUT2D eigenvalue weighted by Crippen LogP contribution is 2.39. The Kier molecular flexibility index (Phi) is 7.19. The van der Waals surface area contributed by atoms with Gasteiger partial charge in [0, 0.05) is 19.6 Å². The number of nitriles is 1. The van der Waals surface area contributed by atoms with Crippen LogP contribution in [0.5, 0.6) is 0 Å². The highest BCUT2D eigenvalue weighted by Gasteiger charge is 2.32. The normalized spacial score (nSPS) is 22.4. The zero-order valence-electron chi connectivity index (χ0n) is 18.2. The van der Waals surface area contributed by atoms with Crippen LogP contribution in [-0.4, -0.2) is 39.2 Å². The van der Waals surface area contributed by atoms with Crippen LogP contribution < -0.4 is 5.56 Å². The van der Waals surface area contributed by atoms with Crippen LogP contribution in [0.2, 0.25) is 0 Å². The number of hydrogen-bond acceptors (Lipinski definition) is 5. The first-order valence-corrected chi connectivity index (χ1v) is 11.5. The first-order chi connectivity index (χ1) is 14.3. The number of carbonyl (C=O) groups excluding carboxylic acids is 1. The maximum absolute atomic E-state index is 13.5. The lowest BCUT2D eigenvalue weighted by Crippen LogP contribution is -2.37. The van der Waals surface area contributed by atoms with E-state index in [2.05, 4.69) is 19.9 Å². The lowest BCUT2D eigenvalue weighted by Gasteiger charge is -2.36. The van der Waals surface area contributed by atoms with Crippen molar-refractivity contribution in [1.82, 2.24) is 14.5 Å². The summed E-state index contributed by atoms with van der Waals surface area (Å²) in [6.07, 6.45) is 3.51. The number of thioether (sulfide) groups is 1. The number of benzene rings is 1. The largest absolute Gasteiger partial charge is 0.344 e. The highest BCUT2D eigenvalue weighted by atomic mass is 32.2. The van der Waals surface area contributed by atoms with Gasteiger partial charge in [-0.15, -0.1) is 0 Å². The van der Waals surface area contributed by atoms with Crippen LogP contribution in [0, 0.1) is 23.2 Å². The Balaban J connectivity index is 2.01. The molecule has 0 spiro atoms. The van der Waals surface area contributed by atoms with Gasteiger partial charge < -0.3 is 4.90 Å². The van der Waals surface area contributed by atoms with E-state index in [1.165, 1.54) is 18.2 Å². The molecule has 3 rings (SSSR count). The molecule has 0 saturated heterocycles. The Labute approximate surface area is 182 Å². The van der Waals surface area contributed by atoms with Crippen LogP contribution >= 0.6 is 11.8 Å². The third-order valence-corrected chi connectivity index (χ3v) is 7.39. The number of aromatic nitrogens is 2. The second kappa shape index (κ2) is 9.65. The van der Waals surface area contributed by atoms with Crippen LogP contribution in [0.3, 0.4) is 0 Å². The first kappa shape index (κ1) is 22.4. The van der Waals surface area contributed by atoms with Gasteiger partial charge in [-0.25, -0.2) is 4.98 Å². The van der Waals surface area contributed by atoms with Gasteiger partial charge in [0.1, 0.15) is 0 Å². The summed E-state index contributed by atoms with van der Waals surface area (Å²) >= 11 is 1.34. The molecular weight excluding hydrogens is 396 g/mol. The molecule has 1 aliphatic rings. The summed E-state index contributed by atoms with van der Waals surface area (Å²) in [7, 11) is 1.71. The summed E-state index contributed by atoms with van der Waals surface area (Å²) in [5, 5.41) is 9.62. The number of para-hydroxylation sites is 1. The van der Waals surface area contributed by atoms with E-state index in [0.29, 0.717) is 40.9 Å². The molecule has 1 aromatic carbocycles. The Morgan fingerprint density at radius 2 is 2.10 bits per heavy atom. The quantitative estimate of drug-likeness (QED) is 0.510. The van der Waals surface area contributed by atoms with Gasteiger partial charge in [-0.05, 0) is 37.3 Å². The van der Waals surface area contributed by atoms with Gasteiger partial charge in [0.15, 0.2) is 5.16 Å². The Hall–Kier alpha value is -2.33. The third kappa shape index (κ3) is 4.54. The molecule has 0 bridgehead atoms. The molecule has 0 unspecified atom stereocenters. The highest BCUT2D eigenvalue weighted by molar-refractivity contribution is 8.00. The third-order valence-electron chi connectivity index (χ3n) is 6.34. The molecule has 1 amide bonds. The minimum absolute atomic E-state index is 0.0217. The SMILES string of the molecule is C[C@H]1[C@H](n2c(S[C@@H](C)C(=O)N(C)CCC#N)nc3ccccc3c2=O)CCC[C@@H]1C. The fourth-order valence-electron chi connectivity index (χ4n) is 4.27. The van der Waals surface area contributed by atoms with E-state index in [4.69, 9.17) is 10.2 Å². The van der Waals surface area contributed by atoms with E-state index in [1.54, 1.807) is 11.9 Å². The molecule has 0 aliphatic heterocycles. The maximum Gasteiger partial charge on any atom is 0.262 e. The summed E-state index contributed by atoms with van der Waals surface area (Å²) in [5.74, 6) is 0.841. The van der Waals surface area contributed by atoms with Crippen molar-refractivity contribution < 1.29 is 4.79 Å². The smallest absolute Gasteiger partial charge is 0.262 e. The van der Waals surface area contributed by atoms with Gasteiger partial charge in [0.05, 0.1) is 28.6 Å². The van der Waals surface area contributed by atoms with Crippen molar-refractivity contribution in [1.29, 1.82) is 5.26 Å². The Morgan fingerprint density at radius 1 is 1.37 bits per heavy atom. The monoisotopic (exact) mass is 426 g/mol. The van der Waals surface area contributed by atoms with E-state index < -0.39 is 5.25 Å². The summed E-state index contributed by atoms with van der Waals surface area (Å²) in [6.45, 7) is 6.71. The van der Waals surface area contributed by atoms with Gasteiger partial charge in [-0.3, -0.25) is 14.2 Å². The van der Waals surface area contributed by atoms with Crippen LogP contribution in [0.1, 0.15) is 52.5 Å². The van der Waals surface area contributed by atoms with Crippen LogP contribution in [0.15, 0.2) is 34.2 Å². The van der Waals surface area contributed by atoms with Gasteiger partial charge in [0.25, 0.3) is 5.56 Å². The first-order valence-electron chi connectivity index (χ1n) is 10.6. The number of nitrogens with zero attached hydrogens (tertiary/aromatic N) is 4. The van der Waals surface area contributed by atoms with Crippen molar-refractivity contribution in [3.05, 3.63) is 34.6 Å². The summed E-state index contributed by atoms with van der Waals surface area (Å²) in [5.41, 5.74) is 0.641. The number of rotatable bonds is 6. The number of carbonyl (C=O) groups is 1. The van der Waals surface area contributed by atoms with Crippen molar-refractivity contribution in [3.8, 4) is 6.07 Å². The molecule has 6 nitrogen and oxygen atoms in total. The zero-order valence-corrected chi connectivity index (χ0v) is 19.0. The molecule has 2 aromatic rings. The van der Waals surface area contributed by atoms with Gasteiger partial charge in [0.2, 0.25) is 5.91 Å². The predicted molar refractivity (Wildman–Crippen MR) is 120 cm³/mol. The molecule has 1 saturated carbocycles. The van der Waals surface area contributed by atoms with Gasteiger partial charge >= 0.3 is 0 Å². The second-order valence-corrected chi connectivity index (χ2v) is 9.66. The summed E-state index contributed by atoms with van der Waals surface area (Å²) in [4.78, 5) is 32.7. The number of hydrogen-bond donors (Lipinski definition) is 0. The van der Waals surface area contributed by atoms with Crippen molar-refractivity contribution in [3.63, 3.8) is 0 Å². The predicted octanol–water partition coefficient (Wildman–Crippen LogP) is 4.25. The molecule has 1 heterocycles. The summed E-state index contributed by atoms with van der Waals surface area (Å²) < 4.78 is 1.85. The molecule has 30 heavy (non-hydrogen) atoms. The van der Waals surface area contributed by atoms with Crippen molar-refractivity contribution >= 4 is 28.6 Å². The van der Waals surface area contributed by atoms with Crippen LogP contribution in [0.25, 0.3) is 10.9 Å². The Bertz CT molecular complexity index is 1010. The molecule has 160 valence electrons. The van der Waals surface area contributed by atoms with E-state index in [1.807, 2.05) is 35.8 Å². The summed E-state index contributed by atoms with van der Waals surface area (Å²) in [6, 6.07) is 9.58. The van der Waals surface area contributed by atoms with Crippen LogP contribution in [0.4, 0.5) is 0 Å². The minimum atomic E-state index is -0.399. The van der Waals surface area contributed by atoms with Crippen LogP contribution in [-0.2, 0) is 4.79 Å². The fraction of sp³-hybridized carbons (Fsp3) is 0.565. The average Bonchev–Trinajstić information content (AvgIpc) is 2.74. The van der Waals surface area contributed by atoms with Crippen molar-refractivity contribution in [2.45, 2.75) is 62.9 Å². The van der Waals surface area contributed by atoms with E-state index in [9.17, 15) is 9.59 Å². The minimum Gasteiger partial charge on any atom is -0.344 e. The standard InChI is InChI=1S/C23H30N4O2S/c1-15-9-7-12-20(16(15)2)27-22(29)18-10-5-6-11-19(18)25-23(27)30-17(3)21(28)26(4)14-8-13-24/h5-6,10-11,15-17,20H,7-9,12,14H2,1-4H3/t15-,16+,17-,20+/m0/s1. The Morgan fingerprint density at radius 3 is 2.83 bits per heavy atom. The fourth-order valence-corrected chi connectivity index (χ4v) is 5.35. The molecule has 1 aliphatic carbocycles. The van der Waals surface area contributed by atoms with E-state index in [0.717, 1.165) is 12.8 Å². The molecule has 7 heteroatoms. The maximum atomic E-state index is 13.5. The number of amides is 1. The lowest BCUT2D eigenvalue weighted by atomic mass is 9.78. The molecule has 1 fully saturated rings. The van der Waals surface area contributed by atoms with E-state index >= 15 is 0 Å². The van der Waals surface area contributed by atoms with Gasteiger partial charge in [-0.1, -0.05) is 50.6 Å². The molecule has 0 radical (unpaired) electrons. The molecule has 4 atom stereocenters.